The minimum absolute atomic E-state index is 0.151. The molecule has 1 heterocycles. The molecule has 0 bridgehead atoms. The van der Waals surface area contributed by atoms with Crippen molar-refractivity contribution >= 4 is 23.2 Å². The molecule has 0 radical (unpaired) electrons. The molecule has 0 saturated carbocycles. The van der Waals surface area contributed by atoms with Crippen LogP contribution in [0.2, 0.25) is 10.0 Å². The summed E-state index contributed by atoms with van der Waals surface area (Å²) in [6.07, 6.45) is 1.46. The molecule has 0 unspecified atom stereocenters. The molecule has 1 aromatic carbocycles. The molecule has 2 rings (SSSR count). The highest BCUT2D eigenvalue weighted by Gasteiger charge is 2.09. The van der Waals surface area contributed by atoms with Gasteiger partial charge >= 0.3 is 0 Å². The normalized spacial score (nSPS) is 10.5. The highest BCUT2D eigenvalue weighted by molar-refractivity contribution is 6.35. The summed E-state index contributed by atoms with van der Waals surface area (Å²) in [5, 5.41) is 9.98. The predicted octanol–water partition coefficient (Wildman–Crippen LogP) is 2.84. The van der Waals surface area contributed by atoms with Crippen molar-refractivity contribution in [1.29, 1.82) is 0 Å². The van der Waals surface area contributed by atoms with Gasteiger partial charge in [0.15, 0.2) is 0 Å². The van der Waals surface area contributed by atoms with Gasteiger partial charge in [-0.05, 0) is 29.8 Å². The highest BCUT2D eigenvalue weighted by atomic mass is 35.5. The number of hydrogen-bond acceptors (Lipinski definition) is 2. The number of aliphatic hydroxyl groups is 1. The number of H-pyrrole nitrogens is 1. The molecule has 0 aliphatic rings. The number of nitrogens with one attached hydrogen (secondary N) is 1. The molecule has 0 saturated heterocycles. The average Bonchev–Trinajstić information content (AvgIpc) is 2.33. The molecule has 0 aliphatic carbocycles. The molecule has 17 heavy (non-hydrogen) atoms. The Morgan fingerprint density at radius 2 is 1.94 bits per heavy atom. The van der Waals surface area contributed by atoms with Crippen molar-refractivity contribution < 1.29 is 5.11 Å². The number of aromatic amines is 1. The van der Waals surface area contributed by atoms with Crippen molar-refractivity contribution in [3.05, 3.63) is 56.4 Å². The number of halogens is 2. The van der Waals surface area contributed by atoms with Crippen molar-refractivity contribution in [1.82, 2.24) is 4.98 Å². The van der Waals surface area contributed by atoms with E-state index in [1.165, 1.54) is 6.20 Å². The summed E-state index contributed by atoms with van der Waals surface area (Å²) in [5.74, 6) is 0. The van der Waals surface area contributed by atoms with E-state index in [1.54, 1.807) is 24.3 Å². The number of aromatic nitrogens is 1. The van der Waals surface area contributed by atoms with Gasteiger partial charge in [-0.2, -0.15) is 0 Å². The smallest absolute Gasteiger partial charge is 0.255 e. The van der Waals surface area contributed by atoms with Gasteiger partial charge in [-0.1, -0.05) is 23.2 Å². The van der Waals surface area contributed by atoms with Crippen molar-refractivity contribution in [2.45, 2.75) is 6.61 Å². The summed E-state index contributed by atoms with van der Waals surface area (Å²) >= 11 is 11.9. The van der Waals surface area contributed by atoms with E-state index in [-0.39, 0.29) is 12.2 Å². The van der Waals surface area contributed by atoms with Crippen LogP contribution in [0, 0.1) is 0 Å². The Morgan fingerprint density at radius 1 is 1.18 bits per heavy atom. The molecular formula is C12H9Cl2NO2. The topological polar surface area (TPSA) is 53.1 Å². The fourth-order valence-electron chi connectivity index (χ4n) is 1.52. The monoisotopic (exact) mass is 269 g/mol. The highest BCUT2D eigenvalue weighted by Crippen LogP contribution is 2.28. The Hall–Kier alpha value is -1.29. The first kappa shape index (κ1) is 12.2. The zero-order valence-corrected chi connectivity index (χ0v) is 10.2. The summed E-state index contributed by atoms with van der Waals surface area (Å²) in [6, 6.07) is 6.49. The van der Waals surface area contributed by atoms with Crippen molar-refractivity contribution in [3.63, 3.8) is 0 Å². The molecule has 0 fully saturated rings. The van der Waals surface area contributed by atoms with E-state index in [1.807, 2.05) is 0 Å². The number of aliphatic hydroxyl groups excluding tert-OH is 1. The standard InChI is InChI=1S/C12H9Cl2NO2/c13-8-1-2-11(14)9(4-8)10-3-7(6-16)5-15-12(10)17/h1-5,16H,6H2,(H,15,17). The zero-order valence-electron chi connectivity index (χ0n) is 8.71. The lowest BCUT2D eigenvalue weighted by Crippen LogP contribution is -2.09. The van der Waals surface area contributed by atoms with Gasteiger partial charge in [-0.15, -0.1) is 0 Å². The van der Waals surface area contributed by atoms with Crippen LogP contribution in [0.5, 0.6) is 0 Å². The predicted molar refractivity (Wildman–Crippen MR) is 68.4 cm³/mol. The van der Waals surface area contributed by atoms with Crippen molar-refractivity contribution in [3.8, 4) is 11.1 Å². The van der Waals surface area contributed by atoms with Crippen LogP contribution in [0.1, 0.15) is 5.56 Å². The van der Waals surface area contributed by atoms with Gasteiger partial charge in [0, 0.05) is 27.4 Å². The third kappa shape index (κ3) is 2.52. The van der Waals surface area contributed by atoms with Gasteiger partial charge in [-0.25, -0.2) is 0 Å². The zero-order chi connectivity index (χ0) is 12.4. The van der Waals surface area contributed by atoms with E-state index >= 15 is 0 Å². The van der Waals surface area contributed by atoms with Crippen LogP contribution >= 0.6 is 23.2 Å². The first-order valence-corrected chi connectivity index (χ1v) is 5.65. The molecule has 0 aliphatic heterocycles. The summed E-state index contributed by atoms with van der Waals surface area (Å²) in [5.41, 5.74) is 1.28. The average molecular weight is 270 g/mol. The lowest BCUT2D eigenvalue weighted by molar-refractivity contribution is 0.281. The minimum atomic E-state index is -0.272. The maximum absolute atomic E-state index is 11.7. The molecule has 5 heteroatoms. The molecule has 0 atom stereocenters. The third-order valence-electron chi connectivity index (χ3n) is 2.36. The second kappa shape index (κ2) is 4.92. The van der Waals surface area contributed by atoms with Crippen LogP contribution in [-0.4, -0.2) is 10.1 Å². The number of hydrogen-bond donors (Lipinski definition) is 2. The Labute approximate surface area is 108 Å². The van der Waals surface area contributed by atoms with E-state index in [0.29, 0.717) is 26.7 Å². The first-order valence-electron chi connectivity index (χ1n) is 4.89. The van der Waals surface area contributed by atoms with Crippen LogP contribution in [0.3, 0.4) is 0 Å². The Kier molecular flexibility index (Phi) is 3.52. The summed E-state index contributed by atoms with van der Waals surface area (Å²) < 4.78 is 0. The molecule has 2 N–H and O–H groups in total. The van der Waals surface area contributed by atoms with Gasteiger partial charge in [0.25, 0.3) is 5.56 Å². The van der Waals surface area contributed by atoms with Crippen LogP contribution in [0.4, 0.5) is 0 Å². The SMILES string of the molecule is O=c1[nH]cc(CO)cc1-c1cc(Cl)ccc1Cl. The summed E-state index contributed by atoms with van der Waals surface area (Å²) in [6.45, 7) is -0.151. The van der Waals surface area contributed by atoms with Crippen molar-refractivity contribution in [2.24, 2.45) is 0 Å². The first-order chi connectivity index (χ1) is 8.11. The number of benzene rings is 1. The Balaban J connectivity index is 2.67. The Morgan fingerprint density at radius 3 is 2.65 bits per heavy atom. The van der Waals surface area contributed by atoms with E-state index in [9.17, 15) is 4.79 Å². The minimum Gasteiger partial charge on any atom is -0.392 e. The van der Waals surface area contributed by atoms with E-state index in [4.69, 9.17) is 28.3 Å². The van der Waals surface area contributed by atoms with E-state index < -0.39 is 0 Å². The van der Waals surface area contributed by atoms with Crippen LogP contribution < -0.4 is 5.56 Å². The molecular weight excluding hydrogens is 261 g/mol. The fraction of sp³-hybridized carbons (Fsp3) is 0.0833. The molecule has 0 amide bonds. The molecule has 1 aromatic heterocycles. The molecule has 3 nitrogen and oxygen atoms in total. The second-order valence-corrected chi connectivity index (χ2v) is 4.38. The lowest BCUT2D eigenvalue weighted by atomic mass is 10.1. The van der Waals surface area contributed by atoms with Crippen LogP contribution in [-0.2, 0) is 6.61 Å². The van der Waals surface area contributed by atoms with Gasteiger partial charge in [0.1, 0.15) is 0 Å². The van der Waals surface area contributed by atoms with Gasteiger partial charge in [-0.3, -0.25) is 4.79 Å². The molecule has 0 spiro atoms. The molecule has 2 aromatic rings. The molecule has 88 valence electrons. The number of rotatable bonds is 2. The van der Waals surface area contributed by atoms with Gasteiger partial charge in [0.05, 0.1) is 6.61 Å². The largest absolute Gasteiger partial charge is 0.392 e. The summed E-state index contributed by atoms with van der Waals surface area (Å²) in [4.78, 5) is 14.3. The van der Waals surface area contributed by atoms with Gasteiger partial charge in [0.2, 0.25) is 0 Å². The lowest BCUT2D eigenvalue weighted by Gasteiger charge is -2.05. The van der Waals surface area contributed by atoms with Gasteiger partial charge < -0.3 is 10.1 Å². The van der Waals surface area contributed by atoms with E-state index in [0.717, 1.165) is 0 Å². The third-order valence-corrected chi connectivity index (χ3v) is 2.93. The fourth-order valence-corrected chi connectivity index (χ4v) is 1.92. The second-order valence-electron chi connectivity index (χ2n) is 3.53. The summed E-state index contributed by atoms with van der Waals surface area (Å²) in [7, 11) is 0. The maximum atomic E-state index is 11.7. The van der Waals surface area contributed by atoms with Crippen LogP contribution in [0.15, 0.2) is 35.3 Å². The Bertz CT molecular complexity index is 608. The van der Waals surface area contributed by atoms with Crippen LogP contribution in [0.25, 0.3) is 11.1 Å². The van der Waals surface area contributed by atoms with E-state index in [2.05, 4.69) is 4.98 Å². The van der Waals surface area contributed by atoms with Crippen molar-refractivity contribution in [2.75, 3.05) is 0 Å². The maximum Gasteiger partial charge on any atom is 0.255 e. The quantitative estimate of drug-likeness (QED) is 0.881. The number of pyridine rings is 1.